The number of hydrogen-bond acceptors (Lipinski definition) is 4. The maximum absolute atomic E-state index is 12.0. The minimum absolute atomic E-state index is 0.00622. The molecule has 5 nitrogen and oxygen atoms in total. The zero-order valence-corrected chi connectivity index (χ0v) is 13.5. The Hall–Kier alpha value is -1.40. The van der Waals surface area contributed by atoms with E-state index in [1.165, 1.54) is 0 Å². The quantitative estimate of drug-likeness (QED) is 0.797. The van der Waals surface area contributed by atoms with Crippen molar-refractivity contribution in [1.29, 1.82) is 0 Å². The van der Waals surface area contributed by atoms with Crippen LogP contribution in [0.3, 0.4) is 0 Å². The van der Waals surface area contributed by atoms with Crippen molar-refractivity contribution >= 4 is 33.5 Å². The standard InChI is InChI=1S/C15H19BrN2O3/c1-2-21-15(20)11-3-4-13(12(16)8-11)18-14(19)7-10-5-6-17-9-10/h3-4,8,10,17H,2,5-7,9H2,1H3,(H,18,19). The van der Waals surface area contributed by atoms with Crippen LogP contribution in [0.2, 0.25) is 0 Å². The SMILES string of the molecule is CCOC(=O)c1ccc(NC(=O)CC2CCNC2)c(Br)c1. The Labute approximate surface area is 132 Å². The van der Waals surface area contributed by atoms with Crippen LogP contribution < -0.4 is 10.6 Å². The van der Waals surface area contributed by atoms with Gasteiger partial charge in [-0.1, -0.05) is 0 Å². The van der Waals surface area contributed by atoms with Gasteiger partial charge in [0, 0.05) is 10.9 Å². The van der Waals surface area contributed by atoms with Crippen molar-refractivity contribution in [1.82, 2.24) is 5.32 Å². The molecule has 0 radical (unpaired) electrons. The molecule has 1 saturated heterocycles. The topological polar surface area (TPSA) is 67.4 Å². The number of halogens is 1. The molecule has 1 fully saturated rings. The fourth-order valence-electron chi connectivity index (χ4n) is 2.31. The van der Waals surface area contributed by atoms with Crippen LogP contribution in [0, 0.1) is 5.92 Å². The summed E-state index contributed by atoms with van der Waals surface area (Å²) < 4.78 is 5.61. The first-order valence-electron chi connectivity index (χ1n) is 7.07. The van der Waals surface area contributed by atoms with Gasteiger partial charge in [-0.05, 0) is 66.5 Å². The average molecular weight is 355 g/mol. The van der Waals surface area contributed by atoms with Crippen molar-refractivity contribution < 1.29 is 14.3 Å². The highest BCUT2D eigenvalue weighted by atomic mass is 79.9. The van der Waals surface area contributed by atoms with Crippen molar-refractivity contribution in [2.45, 2.75) is 19.8 Å². The van der Waals surface area contributed by atoms with Gasteiger partial charge in [-0.25, -0.2) is 4.79 Å². The molecule has 114 valence electrons. The Balaban J connectivity index is 1.96. The van der Waals surface area contributed by atoms with Gasteiger partial charge in [-0.2, -0.15) is 0 Å². The van der Waals surface area contributed by atoms with E-state index in [9.17, 15) is 9.59 Å². The molecule has 1 aromatic carbocycles. The number of carbonyl (C=O) groups is 2. The molecule has 2 N–H and O–H groups in total. The minimum Gasteiger partial charge on any atom is -0.462 e. The second kappa shape index (κ2) is 7.56. The first-order chi connectivity index (χ1) is 10.1. The van der Waals surface area contributed by atoms with E-state index < -0.39 is 0 Å². The first kappa shape index (κ1) is 16.0. The van der Waals surface area contributed by atoms with Gasteiger partial charge in [0.15, 0.2) is 0 Å². The lowest BCUT2D eigenvalue weighted by molar-refractivity contribution is -0.116. The van der Waals surface area contributed by atoms with Crippen LogP contribution in [0.1, 0.15) is 30.1 Å². The number of esters is 1. The van der Waals surface area contributed by atoms with Crippen molar-refractivity contribution in [3.8, 4) is 0 Å². The molecule has 1 amide bonds. The molecule has 1 aromatic rings. The van der Waals surface area contributed by atoms with Gasteiger partial charge < -0.3 is 15.4 Å². The number of benzene rings is 1. The number of ether oxygens (including phenoxy) is 1. The summed E-state index contributed by atoms with van der Waals surface area (Å²) in [6.45, 7) is 3.98. The molecule has 1 heterocycles. The molecule has 0 bridgehead atoms. The summed E-state index contributed by atoms with van der Waals surface area (Å²) in [7, 11) is 0. The van der Waals surface area contributed by atoms with Gasteiger partial charge >= 0.3 is 5.97 Å². The molecular weight excluding hydrogens is 336 g/mol. The summed E-state index contributed by atoms with van der Waals surface area (Å²) in [6, 6.07) is 5.02. The van der Waals surface area contributed by atoms with Gasteiger partial charge in [0.1, 0.15) is 0 Å². The highest BCUT2D eigenvalue weighted by molar-refractivity contribution is 9.10. The van der Waals surface area contributed by atoms with Gasteiger partial charge in [0.2, 0.25) is 5.91 Å². The third-order valence-electron chi connectivity index (χ3n) is 3.39. The largest absolute Gasteiger partial charge is 0.462 e. The third kappa shape index (κ3) is 4.54. The number of hydrogen-bond donors (Lipinski definition) is 2. The second-order valence-corrected chi connectivity index (χ2v) is 5.88. The van der Waals surface area contributed by atoms with Crippen LogP contribution in [0.15, 0.2) is 22.7 Å². The van der Waals surface area contributed by atoms with E-state index in [2.05, 4.69) is 26.6 Å². The van der Waals surface area contributed by atoms with E-state index >= 15 is 0 Å². The number of anilines is 1. The predicted octanol–water partition coefficient (Wildman–Crippen LogP) is 2.56. The third-order valence-corrected chi connectivity index (χ3v) is 4.05. The maximum atomic E-state index is 12.0. The lowest BCUT2D eigenvalue weighted by Crippen LogP contribution is -2.18. The lowest BCUT2D eigenvalue weighted by atomic mass is 10.0. The Bertz CT molecular complexity index is 528. The summed E-state index contributed by atoms with van der Waals surface area (Å²) in [5, 5.41) is 6.11. The van der Waals surface area contributed by atoms with Crippen molar-refractivity contribution in [2.75, 3.05) is 25.0 Å². The molecule has 1 atom stereocenters. The van der Waals surface area contributed by atoms with Gasteiger partial charge in [0.25, 0.3) is 0 Å². The molecule has 1 unspecified atom stereocenters. The van der Waals surface area contributed by atoms with Crippen LogP contribution in [0.4, 0.5) is 5.69 Å². The molecule has 21 heavy (non-hydrogen) atoms. The molecule has 1 aliphatic rings. The molecule has 2 rings (SSSR count). The van der Waals surface area contributed by atoms with Crippen molar-refractivity contribution in [3.05, 3.63) is 28.2 Å². The summed E-state index contributed by atoms with van der Waals surface area (Å²) in [5.74, 6) is 0.0315. The predicted molar refractivity (Wildman–Crippen MR) is 84.3 cm³/mol. The lowest BCUT2D eigenvalue weighted by Gasteiger charge is -2.11. The fraction of sp³-hybridized carbons (Fsp3) is 0.467. The van der Waals surface area contributed by atoms with Crippen LogP contribution in [-0.2, 0) is 9.53 Å². The summed E-state index contributed by atoms with van der Waals surface area (Å²) in [5.41, 5.74) is 1.13. The van der Waals surface area contributed by atoms with Gasteiger partial charge in [0.05, 0.1) is 17.9 Å². The molecule has 0 aromatic heterocycles. The highest BCUT2D eigenvalue weighted by Crippen LogP contribution is 2.25. The normalized spacial score (nSPS) is 17.5. The van der Waals surface area contributed by atoms with Gasteiger partial charge in [-0.15, -0.1) is 0 Å². The van der Waals surface area contributed by atoms with E-state index in [4.69, 9.17) is 4.74 Å². The van der Waals surface area contributed by atoms with Crippen LogP contribution in [0.5, 0.6) is 0 Å². The van der Waals surface area contributed by atoms with Crippen LogP contribution in [-0.4, -0.2) is 31.6 Å². The molecule has 0 aliphatic carbocycles. The fourth-order valence-corrected chi connectivity index (χ4v) is 2.79. The Morgan fingerprint density at radius 1 is 1.48 bits per heavy atom. The van der Waals surface area contributed by atoms with Crippen molar-refractivity contribution in [2.24, 2.45) is 5.92 Å². The summed E-state index contributed by atoms with van der Waals surface area (Å²) in [6.07, 6.45) is 1.55. The van der Waals surface area contributed by atoms with E-state index in [-0.39, 0.29) is 11.9 Å². The molecule has 1 aliphatic heterocycles. The Kier molecular flexibility index (Phi) is 5.76. The Morgan fingerprint density at radius 2 is 2.29 bits per heavy atom. The zero-order chi connectivity index (χ0) is 15.2. The van der Waals surface area contributed by atoms with E-state index in [0.29, 0.717) is 34.7 Å². The monoisotopic (exact) mass is 354 g/mol. The van der Waals surface area contributed by atoms with E-state index in [0.717, 1.165) is 19.5 Å². The summed E-state index contributed by atoms with van der Waals surface area (Å²) >= 11 is 3.37. The highest BCUT2D eigenvalue weighted by Gasteiger charge is 2.18. The molecule has 0 saturated carbocycles. The summed E-state index contributed by atoms with van der Waals surface area (Å²) in [4.78, 5) is 23.6. The first-order valence-corrected chi connectivity index (χ1v) is 7.86. The van der Waals surface area contributed by atoms with E-state index in [1.807, 2.05) is 0 Å². The number of amides is 1. The Morgan fingerprint density at radius 3 is 2.90 bits per heavy atom. The molecular formula is C15H19BrN2O3. The van der Waals surface area contributed by atoms with Crippen LogP contribution >= 0.6 is 15.9 Å². The van der Waals surface area contributed by atoms with E-state index in [1.54, 1.807) is 25.1 Å². The second-order valence-electron chi connectivity index (χ2n) is 5.03. The maximum Gasteiger partial charge on any atom is 0.338 e. The minimum atomic E-state index is -0.367. The zero-order valence-electron chi connectivity index (χ0n) is 11.9. The number of rotatable bonds is 5. The average Bonchev–Trinajstić information content (AvgIpc) is 2.94. The van der Waals surface area contributed by atoms with Crippen LogP contribution in [0.25, 0.3) is 0 Å². The molecule has 0 spiro atoms. The van der Waals surface area contributed by atoms with Crippen molar-refractivity contribution in [3.63, 3.8) is 0 Å². The smallest absolute Gasteiger partial charge is 0.338 e. The number of nitrogens with one attached hydrogen (secondary N) is 2. The molecule has 6 heteroatoms. The van der Waals surface area contributed by atoms with Gasteiger partial charge in [-0.3, -0.25) is 4.79 Å². The number of carbonyl (C=O) groups excluding carboxylic acids is 2.